The van der Waals surface area contributed by atoms with Crippen LogP contribution in [0.25, 0.3) is 0 Å². The Morgan fingerprint density at radius 3 is 2.62 bits per heavy atom. The summed E-state index contributed by atoms with van der Waals surface area (Å²) >= 11 is 0. The quantitative estimate of drug-likeness (QED) is 0.634. The van der Waals surface area contributed by atoms with E-state index >= 15 is 0 Å². The van der Waals surface area contributed by atoms with Gasteiger partial charge in [-0.3, -0.25) is 0 Å². The molecule has 0 aromatic heterocycles. The second kappa shape index (κ2) is 5.64. The van der Waals surface area contributed by atoms with E-state index in [-0.39, 0.29) is 0 Å². The van der Waals surface area contributed by atoms with Crippen LogP contribution in [0.15, 0.2) is 0 Å². The van der Waals surface area contributed by atoms with Gasteiger partial charge in [-0.2, -0.15) is 0 Å². The molecule has 0 radical (unpaired) electrons. The fourth-order valence-electron chi connectivity index (χ4n) is 2.23. The Labute approximate surface area is 82.9 Å². The molecule has 1 nitrogen and oxygen atoms in total. The number of hydrogen-bond donors (Lipinski definition) is 0. The van der Waals surface area contributed by atoms with E-state index in [1.54, 1.807) is 0 Å². The van der Waals surface area contributed by atoms with Crippen molar-refractivity contribution >= 4 is 0 Å². The van der Waals surface area contributed by atoms with Gasteiger partial charge in [-0.15, -0.1) is 0 Å². The normalized spacial score (nSPS) is 27.5. The Morgan fingerprint density at radius 1 is 1.31 bits per heavy atom. The molecule has 0 amide bonds. The lowest BCUT2D eigenvalue weighted by molar-refractivity contribution is 0.0884. The maximum absolute atomic E-state index is 5.64. The first-order valence-electron chi connectivity index (χ1n) is 5.84. The fraction of sp³-hybridized carbons (Fsp3) is 1.00. The predicted octanol–water partition coefficient (Wildman–Crippen LogP) is 3.63. The molecule has 1 aliphatic heterocycles. The molecule has 1 fully saturated rings. The third kappa shape index (κ3) is 4.12. The van der Waals surface area contributed by atoms with Crippen molar-refractivity contribution in [3.05, 3.63) is 0 Å². The van der Waals surface area contributed by atoms with E-state index in [4.69, 9.17) is 4.74 Å². The van der Waals surface area contributed by atoms with Crippen LogP contribution in [-0.2, 0) is 4.74 Å². The molecule has 1 aliphatic rings. The van der Waals surface area contributed by atoms with Gasteiger partial charge in [0, 0.05) is 6.61 Å². The van der Waals surface area contributed by atoms with Crippen molar-refractivity contribution in [3.8, 4) is 0 Å². The predicted molar refractivity (Wildman–Crippen MR) is 56.8 cm³/mol. The summed E-state index contributed by atoms with van der Waals surface area (Å²) in [5.74, 6) is 1.73. The van der Waals surface area contributed by atoms with E-state index in [2.05, 4.69) is 20.8 Å². The van der Waals surface area contributed by atoms with Crippen molar-refractivity contribution in [2.24, 2.45) is 11.8 Å². The van der Waals surface area contributed by atoms with Gasteiger partial charge in [0.1, 0.15) is 0 Å². The molecule has 78 valence electrons. The molecule has 3 unspecified atom stereocenters. The summed E-state index contributed by atoms with van der Waals surface area (Å²) < 4.78 is 5.64. The van der Waals surface area contributed by atoms with Crippen molar-refractivity contribution in [2.45, 2.75) is 59.0 Å². The number of hydrogen-bond acceptors (Lipinski definition) is 1. The Bertz CT molecular complexity index is 127. The summed E-state index contributed by atoms with van der Waals surface area (Å²) in [6, 6.07) is 0. The smallest absolute Gasteiger partial charge is 0.0578 e. The van der Waals surface area contributed by atoms with Gasteiger partial charge >= 0.3 is 0 Å². The van der Waals surface area contributed by atoms with E-state index in [0.29, 0.717) is 6.10 Å². The second-order valence-electron chi connectivity index (χ2n) is 4.73. The van der Waals surface area contributed by atoms with Crippen LogP contribution in [0.4, 0.5) is 0 Å². The topological polar surface area (TPSA) is 9.23 Å². The monoisotopic (exact) mass is 184 g/mol. The molecule has 0 aromatic rings. The molecule has 0 spiro atoms. The molecule has 1 heterocycles. The summed E-state index contributed by atoms with van der Waals surface area (Å²) in [5.41, 5.74) is 0. The molecule has 3 atom stereocenters. The van der Waals surface area contributed by atoms with Crippen molar-refractivity contribution < 1.29 is 4.74 Å². The third-order valence-electron chi connectivity index (χ3n) is 3.19. The zero-order valence-electron chi connectivity index (χ0n) is 9.38. The molecular formula is C12H24O. The van der Waals surface area contributed by atoms with Crippen molar-refractivity contribution in [3.63, 3.8) is 0 Å². The van der Waals surface area contributed by atoms with Crippen LogP contribution in [0.5, 0.6) is 0 Å². The van der Waals surface area contributed by atoms with Crippen molar-refractivity contribution in [2.75, 3.05) is 6.61 Å². The van der Waals surface area contributed by atoms with Crippen molar-refractivity contribution in [1.29, 1.82) is 0 Å². The summed E-state index contributed by atoms with van der Waals surface area (Å²) in [6.45, 7) is 8.00. The third-order valence-corrected chi connectivity index (χ3v) is 3.19. The standard InChI is InChI=1S/C12H24O/c1-4-10(2)8-11(3)9-12-6-5-7-13-12/h10-12H,4-9H2,1-3H3. The van der Waals surface area contributed by atoms with Gasteiger partial charge in [0.2, 0.25) is 0 Å². The summed E-state index contributed by atoms with van der Waals surface area (Å²) in [5, 5.41) is 0. The summed E-state index contributed by atoms with van der Waals surface area (Å²) in [6.07, 6.45) is 7.13. The largest absolute Gasteiger partial charge is 0.378 e. The van der Waals surface area contributed by atoms with Gasteiger partial charge in [-0.1, -0.05) is 27.2 Å². The van der Waals surface area contributed by atoms with Crippen LogP contribution < -0.4 is 0 Å². The second-order valence-corrected chi connectivity index (χ2v) is 4.73. The van der Waals surface area contributed by atoms with Gasteiger partial charge in [-0.05, 0) is 37.5 Å². The van der Waals surface area contributed by atoms with E-state index in [1.807, 2.05) is 0 Å². The highest BCUT2D eigenvalue weighted by Crippen LogP contribution is 2.24. The molecule has 0 saturated carbocycles. The lowest BCUT2D eigenvalue weighted by Gasteiger charge is -2.18. The molecule has 0 N–H and O–H groups in total. The zero-order chi connectivity index (χ0) is 9.68. The lowest BCUT2D eigenvalue weighted by Crippen LogP contribution is -2.12. The molecule has 1 rings (SSSR count). The Morgan fingerprint density at radius 2 is 2.08 bits per heavy atom. The molecule has 1 heteroatoms. The average Bonchev–Trinajstić information content (AvgIpc) is 2.56. The maximum atomic E-state index is 5.64. The average molecular weight is 184 g/mol. The van der Waals surface area contributed by atoms with Crippen LogP contribution >= 0.6 is 0 Å². The Kier molecular flexibility index (Phi) is 4.79. The highest BCUT2D eigenvalue weighted by atomic mass is 16.5. The molecule has 0 bridgehead atoms. The van der Waals surface area contributed by atoms with Crippen molar-refractivity contribution in [1.82, 2.24) is 0 Å². The van der Waals surface area contributed by atoms with Crippen LogP contribution in [-0.4, -0.2) is 12.7 Å². The minimum atomic E-state index is 0.582. The van der Waals surface area contributed by atoms with E-state index < -0.39 is 0 Å². The van der Waals surface area contributed by atoms with Crippen LogP contribution in [0.1, 0.15) is 52.9 Å². The van der Waals surface area contributed by atoms with Gasteiger partial charge in [-0.25, -0.2) is 0 Å². The van der Waals surface area contributed by atoms with E-state index in [9.17, 15) is 0 Å². The first-order valence-corrected chi connectivity index (χ1v) is 5.84. The van der Waals surface area contributed by atoms with Gasteiger partial charge in [0.05, 0.1) is 6.10 Å². The van der Waals surface area contributed by atoms with E-state index in [0.717, 1.165) is 18.4 Å². The first kappa shape index (κ1) is 11.0. The number of ether oxygens (including phenoxy) is 1. The Hall–Kier alpha value is -0.0400. The maximum Gasteiger partial charge on any atom is 0.0578 e. The molecular weight excluding hydrogens is 160 g/mol. The van der Waals surface area contributed by atoms with Gasteiger partial charge < -0.3 is 4.74 Å². The molecule has 13 heavy (non-hydrogen) atoms. The van der Waals surface area contributed by atoms with E-state index in [1.165, 1.54) is 32.1 Å². The zero-order valence-corrected chi connectivity index (χ0v) is 9.38. The summed E-state index contributed by atoms with van der Waals surface area (Å²) in [7, 11) is 0. The Balaban J connectivity index is 2.12. The van der Waals surface area contributed by atoms with Gasteiger partial charge in [0.25, 0.3) is 0 Å². The van der Waals surface area contributed by atoms with Gasteiger partial charge in [0.15, 0.2) is 0 Å². The highest BCUT2D eigenvalue weighted by molar-refractivity contribution is 4.69. The molecule has 1 saturated heterocycles. The lowest BCUT2D eigenvalue weighted by atomic mass is 9.91. The van der Waals surface area contributed by atoms with Crippen LogP contribution in [0.2, 0.25) is 0 Å². The van der Waals surface area contributed by atoms with Crippen LogP contribution in [0.3, 0.4) is 0 Å². The highest BCUT2D eigenvalue weighted by Gasteiger charge is 2.19. The summed E-state index contributed by atoms with van der Waals surface area (Å²) in [4.78, 5) is 0. The minimum Gasteiger partial charge on any atom is -0.378 e. The SMILES string of the molecule is CCC(C)CC(C)CC1CCCO1. The minimum absolute atomic E-state index is 0.582. The number of rotatable bonds is 5. The molecule has 0 aliphatic carbocycles. The fourth-order valence-corrected chi connectivity index (χ4v) is 2.23. The van der Waals surface area contributed by atoms with Crippen LogP contribution in [0, 0.1) is 11.8 Å². The first-order chi connectivity index (χ1) is 6.22. The molecule has 0 aromatic carbocycles.